The van der Waals surface area contributed by atoms with Crippen LogP contribution in [0.1, 0.15) is 37.3 Å². The van der Waals surface area contributed by atoms with Gasteiger partial charge in [0, 0.05) is 49.7 Å². The number of hydrogen-bond acceptors (Lipinski definition) is 5. The summed E-state index contributed by atoms with van der Waals surface area (Å²) in [7, 11) is -1.76. The van der Waals surface area contributed by atoms with Gasteiger partial charge in [-0.1, -0.05) is 48.5 Å². The lowest BCUT2D eigenvalue weighted by molar-refractivity contribution is -0.113. The fraction of sp³-hybridized carbons (Fsp3) is 0.429. The first-order valence-electron chi connectivity index (χ1n) is 12.7. The van der Waals surface area contributed by atoms with Gasteiger partial charge < -0.3 is 4.90 Å². The highest BCUT2D eigenvalue weighted by Gasteiger charge is 2.47. The van der Waals surface area contributed by atoms with E-state index in [2.05, 4.69) is 29.2 Å². The second-order valence-corrected chi connectivity index (χ2v) is 12.0. The predicted octanol–water partition coefficient (Wildman–Crippen LogP) is 4.83. The third-order valence-electron chi connectivity index (χ3n) is 8.07. The zero-order valence-electron chi connectivity index (χ0n) is 20.2. The van der Waals surface area contributed by atoms with Crippen molar-refractivity contribution in [2.45, 2.75) is 42.7 Å². The maximum atomic E-state index is 14.2. The van der Waals surface area contributed by atoms with Gasteiger partial charge in [0.05, 0.1) is 17.5 Å². The molecule has 3 fully saturated rings. The summed E-state index contributed by atoms with van der Waals surface area (Å²) in [5, 5.41) is 3.65. The number of sulfonamides is 1. The van der Waals surface area contributed by atoms with Gasteiger partial charge in [-0.15, -0.1) is 0 Å². The Morgan fingerprint density at radius 3 is 2.43 bits per heavy atom. The van der Waals surface area contributed by atoms with E-state index in [9.17, 15) is 8.42 Å². The Balaban J connectivity index is 1.39. The van der Waals surface area contributed by atoms with E-state index in [-0.39, 0.29) is 18.0 Å². The van der Waals surface area contributed by atoms with E-state index in [1.165, 1.54) is 24.9 Å². The lowest BCUT2D eigenvalue weighted by Gasteiger charge is -2.41. The van der Waals surface area contributed by atoms with Crippen molar-refractivity contribution in [1.82, 2.24) is 9.37 Å². The van der Waals surface area contributed by atoms with Crippen LogP contribution in [0.5, 0.6) is 0 Å². The molecule has 0 N–H and O–H groups in total. The van der Waals surface area contributed by atoms with Crippen LogP contribution in [0.3, 0.4) is 0 Å². The van der Waals surface area contributed by atoms with E-state index < -0.39 is 10.0 Å². The third kappa shape index (κ3) is 4.14. The molecule has 7 heteroatoms. The molecule has 35 heavy (non-hydrogen) atoms. The first-order chi connectivity index (χ1) is 17.0. The Morgan fingerprint density at radius 1 is 0.886 bits per heavy atom. The highest BCUT2D eigenvalue weighted by molar-refractivity contribution is 7.89. The Labute approximate surface area is 208 Å². The molecule has 3 aromatic rings. The molecule has 0 amide bonds. The molecule has 3 saturated heterocycles. The van der Waals surface area contributed by atoms with Gasteiger partial charge in [0.2, 0.25) is 10.0 Å². The second kappa shape index (κ2) is 9.21. The molecule has 0 bridgehead atoms. The summed E-state index contributed by atoms with van der Waals surface area (Å²) < 4.78 is 30.2. The fourth-order valence-corrected chi connectivity index (χ4v) is 8.01. The Hall–Kier alpha value is -2.45. The van der Waals surface area contributed by atoms with Gasteiger partial charge in [-0.25, -0.2) is 8.42 Å². The molecule has 0 aromatic heterocycles. The predicted molar refractivity (Wildman–Crippen MR) is 139 cm³/mol. The SMILES string of the molecule is CN1OC[C@@H]2CN(S(=O)(=O)c3cccc4ccccc34)[C@H](c3ccc(N4CCCCC4)cc3)C[C@@H]21. The van der Waals surface area contributed by atoms with Crippen molar-refractivity contribution in [3.63, 3.8) is 0 Å². The summed E-state index contributed by atoms with van der Waals surface area (Å²) in [6, 6.07) is 21.9. The Bertz CT molecular complexity index is 1300. The van der Waals surface area contributed by atoms with Crippen molar-refractivity contribution >= 4 is 26.5 Å². The number of nitrogens with zero attached hydrogens (tertiary/aromatic N) is 3. The number of piperidine rings is 2. The van der Waals surface area contributed by atoms with Crippen molar-refractivity contribution < 1.29 is 13.3 Å². The van der Waals surface area contributed by atoms with Crippen molar-refractivity contribution in [1.29, 1.82) is 0 Å². The van der Waals surface area contributed by atoms with E-state index in [4.69, 9.17) is 4.84 Å². The number of benzene rings is 3. The quantitative estimate of drug-likeness (QED) is 0.523. The van der Waals surface area contributed by atoms with Gasteiger partial charge >= 0.3 is 0 Å². The highest BCUT2D eigenvalue weighted by atomic mass is 32.2. The summed E-state index contributed by atoms with van der Waals surface area (Å²) in [4.78, 5) is 8.65. The molecule has 3 aliphatic heterocycles. The second-order valence-electron chi connectivity index (χ2n) is 10.1. The highest BCUT2D eigenvalue weighted by Crippen LogP contribution is 2.42. The maximum Gasteiger partial charge on any atom is 0.244 e. The molecule has 3 atom stereocenters. The summed E-state index contributed by atoms with van der Waals surface area (Å²) in [5.41, 5.74) is 2.28. The van der Waals surface area contributed by atoms with E-state index in [0.717, 1.165) is 29.4 Å². The van der Waals surface area contributed by atoms with Crippen LogP contribution in [-0.2, 0) is 14.9 Å². The molecular formula is C28H33N3O3S. The Kier molecular flexibility index (Phi) is 6.05. The van der Waals surface area contributed by atoms with Crippen LogP contribution in [-0.4, -0.2) is 57.1 Å². The monoisotopic (exact) mass is 491 g/mol. The first-order valence-corrected chi connectivity index (χ1v) is 14.2. The molecule has 3 aromatic carbocycles. The molecule has 6 rings (SSSR count). The average molecular weight is 492 g/mol. The molecule has 184 valence electrons. The maximum absolute atomic E-state index is 14.2. The molecule has 6 nitrogen and oxygen atoms in total. The minimum Gasteiger partial charge on any atom is -0.372 e. The number of hydrogen-bond donors (Lipinski definition) is 0. The van der Waals surface area contributed by atoms with Gasteiger partial charge in [-0.05, 0) is 54.8 Å². The molecular weight excluding hydrogens is 458 g/mol. The van der Waals surface area contributed by atoms with Gasteiger partial charge in [0.25, 0.3) is 0 Å². The van der Waals surface area contributed by atoms with Gasteiger partial charge in [0.1, 0.15) is 0 Å². The van der Waals surface area contributed by atoms with Crippen LogP contribution in [0.25, 0.3) is 10.8 Å². The molecule has 3 heterocycles. The molecule has 0 spiro atoms. The van der Waals surface area contributed by atoms with Crippen LogP contribution >= 0.6 is 0 Å². The lowest BCUT2D eigenvalue weighted by Crippen LogP contribution is -2.49. The average Bonchev–Trinajstić information content (AvgIpc) is 3.28. The number of hydroxylamine groups is 2. The van der Waals surface area contributed by atoms with Crippen molar-refractivity contribution in [2.75, 3.05) is 38.2 Å². The van der Waals surface area contributed by atoms with E-state index in [1.54, 1.807) is 10.4 Å². The minimum atomic E-state index is -3.72. The smallest absolute Gasteiger partial charge is 0.244 e. The number of anilines is 1. The molecule has 3 aliphatic rings. The van der Waals surface area contributed by atoms with Crippen LogP contribution in [0.2, 0.25) is 0 Å². The number of fused-ring (bicyclic) bond motifs is 2. The summed E-state index contributed by atoms with van der Waals surface area (Å²) in [6.07, 6.45) is 4.48. The first kappa shape index (κ1) is 23.0. The van der Waals surface area contributed by atoms with Gasteiger partial charge in [-0.3, -0.25) is 4.84 Å². The molecule has 0 saturated carbocycles. The van der Waals surface area contributed by atoms with Crippen molar-refractivity contribution in [2.24, 2.45) is 5.92 Å². The Morgan fingerprint density at radius 2 is 1.63 bits per heavy atom. The zero-order chi connectivity index (χ0) is 24.0. The normalized spacial score (nSPS) is 26.2. The van der Waals surface area contributed by atoms with Gasteiger partial charge in [-0.2, -0.15) is 9.37 Å². The third-order valence-corrected chi connectivity index (χ3v) is 10.00. The van der Waals surface area contributed by atoms with E-state index >= 15 is 0 Å². The van der Waals surface area contributed by atoms with Crippen LogP contribution < -0.4 is 4.90 Å². The van der Waals surface area contributed by atoms with E-state index in [1.807, 2.05) is 48.5 Å². The van der Waals surface area contributed by atoms with Gasteiger partial charge in [0.15, 0.2) is 0 Å². The largest absolute Gasteiger partial charge is 0.372 e. The molecule has 0 aliphatic carbocycles. The van der Waals surface area contributed by atoms with Crippen molar-refractivity contribution in [3.05, 3.63) is 72.3 Å². The van der Waals surface area contributed by atoms with E-state index in [0.29, 0.717) is 24.5 Å². The minimum absolute atomic E-state index is 0.161. The zero-order valence-corrected chi connectivity index (χ0v) is 21.0. The van der Waals surface area contributed by atoms with Crippen LogP contribution in [0, 0.1) is 5.92 Å². The summed E-state index contributed by atoms with van der Waals surface area (Å²) in [5.74, 6) is 0.161. The standard InChI is InChI=1S/C28H33N3O3S/c1-29-26-18-27(22-12-14-24(15-13-22)30-16-5-2-6-17-30)31(19-23(26)20-34-29)35(32,33)28-11-7-9-21-8-3-4-10-25(21)28/h3-4,7-15,23,26-27H,2,5-6,16-20H2,1H3/t23-,26-,27-/m0/s1. The fourth-order valence-electron chi connectivity index (χ4n) is 6.11. The van der Waals surface area contributed by atoms with Crippen LogP contribution in [0.4, 0.5) is 5.69 Å². The topological polar surface area (TPSA) is 53.1 Å². The molecule has 0 radical (unpaired) electrons. The van der Waals surface area contributed by atoms with Crippen LogP contribution in [0.15, 0.2) is 71.6 Å². The lowest BCUT2D eigenvalue weighted by atomic mass is 9.87. The summed E-state index contributed by atoms with van der Waals surface area (Å²) in [6.45, 7) is 3.20. The summed E-state index contributed by atoms with van der Waals surface area (Å²) >= 11 is 0. The number of rotatable bonds is 4. The van der Waals surface area contributed by atoms with Crippen molar-refractivity contribution in [3.8, 4) is 0 Å². The molecule has 0 unspecified atom stereocenters.